The predicted octanol–water partition coefficient (Wildman–Crippen LogP) is 2.85. The topological polar surface area (TPSA) is 29.5 Å². The molecule has 1 heterocycles. The maximum absolute atomic E-state index is 9.88. The highest BCUT2D eigenvalue weighted by atomic mass is 35.5. The van der Waals surface area contributed by atoms with E-state index in [9.17, 15) is 5.11 Å². The van der Waals surface area contributed by atoms with Crippen molar-refractivity contribution in [1.29, 1.82) is 0 Å². The van der Waals surface area contributed by atoms with Crippen molar-refractivity contribution in [2.24, 2.45) is 0 Å². The first-order valence-electron chi connectivity index (χ1n) is 4.80. The van der Waals surface area contributed by atoms with Gasteiger partial charge in [-0.15, -0.1) is 0 Å². The van der Waals surface area contributed by atoms with Gasteiger partial charge in [-0.05, 0) is 31.4 Å². The quantitative estimate of drug-likeness (QED) is 0.717. The molecule has 0 bridgehead atoms. The number of aryl methyl sites for hydroxylation is 1. The summed E-state index contributed by atoms with van der Waals surface area (Å²) < 4.78 is 5.59. The number of hydrogen-bond acceptors (Lipinski definition) is 2. The highest BCUT2D eigenvalue weighted by Gasteiger charge is 2.21. The summed E-state index contributed by atoms with van der Waals surface area (Å²) in [6.45, 7) is 2.62. The number of fused-ring (bicyclic) bond motifs is 1. The molecule has 0 amide bonds. The molecule has 1 aliphatic heterocycles. The number of aliphatic hydroxyl groups excluding tert-OH is 1. The summed E-state index contributed by atoms with van der Waals surface area (Å²) in [6.07, 6.45) is 1.10. The van der Waals surface area contributed by atoms with E-state index in [-0.39, 0.29) is 0 Å². The predicted molar refractivity (Wildman–Crippen MR) is 55.9 cm³/mol. The van der Waals surface area contributed by atoms with Crippen LogP contribution in [0.1, 0.15) is 30.1 Å². The zero-order chi connectivity index (χ0) is 10.1. The average Bonchev–Trinajstić information content (AvgIpc) is 2.35. The second-order valence-electron chi connectivity index (χ2n) is 3.61. The van der Waals surface area contributed by atoms with E-state index in [0.717, 1.165) is 29.7 Å². The van der Waals surface area contributed by atoms with E-state index in [0.29, 0.717) is 11.6 Å². The minimum atomic E-state index is -0.486. The fourth-order valence-corrected chi connectivity index (χ4v) is 2.06. The van der Waals surface area contributed by atoms with Crippen molar-refractivity contribution in [3.63, 3.8) is 0 Å². The van der Waals surface area contributed by atoms with E-state index in [4.69, 9.17) is 16.3 Å². The number of ether oxygens (including phenoxy) is 1. The van der Waals surface area contributed by atoms with E-state index < -0.39 is 6.10 Å². The summed E-state index contributed by atoms with van der Waals surface area (Å²) in [6, 6.07) is 3.73. The van der Waals surface area contributed by atoms with E-state index in [1.165, 1.54) is 0 Å². The van der Waals surface area contributed by atoms with Gasteiger partial charge in [0.1, 0.15) is 5.75 Å². The van der Waals surface area contributed by atoms with Crippen LogP contribution in [0.15, 0.2) is 12.1 Å². The fourth-order valence-electron chi connectivity index (χ4n) is 1.78. The Bertz CT molecular complexity index is 349. The number of rotatable bonds is 0. The third kappa shape index (κ3) is 1.60. The maximum atomic E-state index is 9.88. The van der Waals surface area contributed by atoms with Crippen molar-refractivity contribution in [3.05, 3.63) is 28.3 Å². The molecule has 1 atom stereocenters. The van der Waals surface area contributed by atoms with E-state index in [1.54, 1.807) is 0 Å². The Hall–Kier alpha value is -0.730. The largest absolute Gasteiger partial charge is 0.493 e. The Labute approximate surface area is 88.5 Å². The number of halogens is 1. The summed E-state index contributed by atoms with van der Waals surface area (Å²) in [5, 5.41) is 10.5. The molecule has 3 heteroatoms. The first-order chi connectivity index (χ1) is 6.70. The molecule has 0 saturated heterocycles. The number of benzene rings is 1. The molecule has 0 radical (unpaired) electrons. The van der Waals surface area contributed by atoms with Gasteiger partial charge in [-0.3, -0.25) is 0 Å². The van der Waals surface area contributed by atoms with Crippen LogP contribution in [-0.4, -0.2) is 11.7 Å². The second kappa shape index (κ2) is 3.79. The van der Waals surface area contributed by atoms with Crippen molar-refractivity contribution in [1.82, 2.24) is 0 Å². The van der Waals surface area contributed by atoms with E-state index in [2.05, 4.69) is 0 Å². The second-order valence-corrected chi connectivity index (χ2v) is 4.02. The molecule has 14 heavy (non-hydrogen) atoms. The van der Waals surface area contributed by atoms with E-state index >= 15 is 0 Å². The molecule has 1 aromatic carbocycles. The van der Waals surface area contributed by atoms with Gasteiger partial charge in [0, 0.05) is 5.56 Å². The van der Waals surface area contributed by atoms with Crippen LogP contribution >= 0.6 is 11.6 Å². The Morgan fingerprint density at radius 3 is 3.07 bits per heavy atom. The molecule has 1 aliphatic rings. The van der Waals surface area contributed by atoms with Gasteiger partial charge in [-0.25, -0.2) is 0 Å². The summed E-state index contributed by atoms with van der Waals surface area (Å²) in [7, 11) is 0. The molecule has 0 saturated carbocycles. The zero-order valence-corrected chi connectivity index (χ0v) is 8.84. The van der Waals surface area contributed by atoms with E-state index in [1.807, 2.05) is 19.1 Å². The molecular formula is C11H13ClO2. The van der Waals surface area contributed by atoms with Crippen LogP contribution in [0, 0.1) is 6.92 Å². The summed E-state index contributed by atoms with van der Waals surface area (Å²) in [4.78, 5) is 0. The van der Waals surface area contributed by atoms with Gasteiger partial charge in [0.2, 0.25) is 0 Å². The van der Waals surface area contributed by atoms with Crippen molar-refractivity contribution in [2.45, 2.75) is 25.9 Å². The number of hydrogen-bond donors (Lipinski definition) is 1. The van der Waals surface area contributed by atoms with Gasteiger partial charge in [0.15, 0.2) is 0 Å². The minimum absolute atomic E-state index is 0.486. The van der Waals surface area contributed by atoms with Gasteiger partial charge in [-0.1, -0.05) is 17.7 Å². The Kier molecular flexibility index (Phi) is 2.66. The molecule has 1 aromatic rings. The SMILES string of the molecule is Cc1ccc(Cl)c2c1OCCCC2O. The monoisotopic (exact) mass is 212 g/mol. The van der Waals surface area contributed by atoms with Gasteiger partial charge < -0.3 is 9.84 Å². The van der Waals surface area contributed by atoms with Gasteiger partial charge in [0.25, 0.3) is 0 Å². The van der Waals surface area contributed by atoms with Crippen molar-refractivity contribution in [2.75, 3.05) is 6.61 Å². The fraction of sp³-hybridized carbons (Fsp3) is 0.455. The molecule has 0 aliphatic carbocycles. The van der Waals surface area contributed by atoms with Crippen molar-refractivity contribution >= 4 is 11.6 Å². The molecule has 2 nitrogen and oxygen atoms in total. The molecule has 2 rings (SSSR count). The zero-order valence-electron chi connectivity index (χ0n) is 8.09. The van der Waals surface area contributed by atoms with Gasteiger partial charge >= 0.3 is 0 Å². The summed E-state index contributed by atoms with van der Waals surface area (Å²) in [5.41, 5.74) is 1.79. The molecule has 1 N–H and O–H groups in total. The number of aliphatic hydroxyl groups is 1. The van der Waals surface area contributed by atoms with Crippen LogP contribution in [0.25, 0.3) is 0 Å². The molecule has 0 fully saturated rings. The van der Waals surface area contributed by atoms with Crippen LogP contribution < -0.4 is 4.74 Å². The highest BCUT2D eigenvalue weighted by Crippen LogP contribution is 2.38. The summed E-state index contributed by atoms with van der Waals surface area (Å²) in [5.74, 6) is 0.766. The van der Waals surface area contributed by atoms with Crippen LogP contribution in [-0.2, 0) is 0 Å². The third-order valence-electron chi connectivity index (χ3n) is 2.54. The molecule has 0 spiro atoms. The first kappa shape index (κ1) is 9.81. The lowest BCUT2D eigenvalue weighted by atomic mass is 10.0. The van der Waals surface area contributed by atoms with Gasteiger partial charge in [-0.2, -0.15) is 0 Å². The highest BCUT2D eigenvalue weighted by molar-refractivity contribution is 6.31. The van der Waals surface area contributed by atoms with Crippen LogP contribution in [0.2, 0.25) is 5.02 Å². The van der Waals surface area contributed by atoms with Crippen molar-refractivity contribution < 1.29 is 9.84 Å². The Morgan fingerprint density at radius 2 is 2.29 bits per heavy atom. The van der Waals surface area contributed by atoms with Crippen LogP contribution in [0.5, 0.6) is 5.75 Å². The Balaban J connectivity index is 2.57. The first-order valence-corrected chi connectivity index (χ1v) is 5.18. The third-order valence-corrected chi connectivity index (χ3v) is 2.87. The lowest BCUT2D eigenvalue weighted by molar-refractivity contribution is 0.167. The minimum Gasteiger partial charge on any atom is -0.493 e. The standard InChI is InChI=1S/C11H13ClO2/c1-7-4-5-8(12)10-9(13)3-2-6-14-11(7)10/h4-5,9,13H,2-3,6H2,1H3. The van der Waals surface area contributed by atoms with Crippen molar-refractivity contribution in [3.8, 4) is 5.75 Å². The molecule has 76 valence electrons. The normalized spacial score (nSPS) is 20.9. The van der Waals surface area contributed by atoms with Gasteiger partial charge in [0.05, 0.1) is 17.7 Å². The van der Waals surface area contributed by atoms with Crippen LogP contribution in [0.4, 0.5) is 0 Å². The molecular weight excluding hydrogens is 200 g/mol. The average molecular weight is 213 g/mol. The van der Waals surface area contributed by atoms with Crippen LogP contribution in [0.3, 0.4) is 0 Å². The lowest BCUT2D eigenvalue weighted by Crippen LogP contribution is -1.99. The summed E-state index contributed by atoms with van der Waals surface area (Å²) >= 11 is 6.04. The maximum Gasteiger partial charge on any atom is 0.129 e. The molecule has 1 unspecified atom stereocenters. The molecule has 0 aromatic heterocycles. The lowest BCUT2D eigenvalue weighted by Gasteiger charge is -2.14. The smallest absolute Gasteiger partial charge is 0.129 e. The Morgan fingerprint density at radius 1 is 1.50 bits per heavy atom.